The van der Waals surface area contributed by atoms with Crippen LogP contribution in [0.4, 0.5) is 5.95 Å². The molecular weight excluding hydrogens is 266 g/mol. The number of hydrogen-bond donors (Lipinski definition) is 0. The Morgan fingerprint density at radius 2 is 1.86 bits per heavy atom. The Hall–Kier alpha value is -1.69. The average Bonchev–Trinajstić information content (AvgIpc) is 3.09. The number of carbonyl (C=O) groups excluding carboxylic acids is 1. The molecule has 0 spiro atoms. The first-order chi connectivity index (χ1) is 10.3. The van der Waals surface area contributed by atoms with E-state index in [1.165, 1.54) is 12.8 Å². The fourth-order valence-electron chi connectivity index (χ4n) is 2.97. The van der Waals surface area contributed by atoms with Crippen LogP contribution in [0.3, 0.4) is 0 Å². The number of carbonyl (C=O) groups is 1. The van der Waals surface area contributed by atoms with Crippen LogP contribution < -0.4 is 4.90 Å². The zero-order chi connectivity index (χ0) is 14.7. The predicted molar refractivity (Wildman–Crippen MR) is 81.5 cm³/mol. The number of amides is 1. The van der Waals surface area contributed by atoms with Gasteiger partial charge >= 0.3 is 0 Å². The van der Waals surface area contributed by atoms with Gasteiger partial charge in [-0.15, -0.1) is 0 Å². The topological polar surface area (TPSA) is 52.6 Å². The molecule has 0 aromatic carbocycles. The summed E-state index contributed by atoms with van der Waals surface area (Å²) in [6, 6.07) is 1.73. The van der Waals surface area contributed by atoms with Crippen molar-refractivity contribution in [3.05, 3.63) is 18.0 Å². The molecule has 0 saturated carbocycles. The van der Waals surface area contributed by atoms with Crippen LogP contribution >= 0.6 is 0 Å². The first-order valence-corrected chi connectivity index (χ1v) is 7.87. The van der Waals surface area contributed by atoms with Crippen LogP contribution in [0.15, 0.2) is 12.3 Å². The van der Waals surface area contributed by atoms with Crippen molar-refractivity contribution in [3.63, 3.8) is 0 Å². The molecule has 0 atom stereocenters. The molecule has 2 fully saturated rings. The van der Waals surface area contributed by atoms with E-state index in [2.05, 4.69) is 26.7 Å². The van der Waals surface area contributed by atoms with Crippen LogP contribution in [0.25, 0.3) is 0 Å². The molecule has 2 aliphatic rings. The van der Waals surface area contributed by atoms with Gasteiger partial charge < -0.3 is 14.7 Å². The van der Waals surface area contributed by atoms with E-state index in [0.717, 1.165) is 45.8 Å². The minimum atomic E-state index is 0.0357. The van der Waals surface area contributed by atoms with Gasteiger partial charge in [-0.1, -0.05) is 6.92 Å². The number of nitrogens with zero attached hydrogens (tertiary/aromatic N) is 5. The fourth-order valence-corrected chi connectivity index (χ4v) is 2.97. The maximum absolute atomic E-state index is 12.6. The lowest BCUT2D eigenvalue weighted by molar-refractivity contribution is 0.0637. The van der Waals surface area contributed by atoms with Gasteiger partial charge in [0.15, 0.2) is 0 Å². The SMILES string of the molecule is CCN1CCN(C(=O)c2ccnc(N3CCCC3)n2)CC1. The first kappa shape index (κ1) is 14.3. The van der Waals surface area contributed by atoms with Gasteiger partial charge in [0.2, 0.25) is 5.95 Å². The highest BCUT2D eigenvalue weighted by atomic mass is 16.2. The molecule has 2 aliphatic heterocycles. The van der Waals surface area contributed by atoms with Gasteiger partial charge in [0.25, 0.3) is 5.91 Å². The van der Waals surface area contributed by atoms with E-state index in [1.807, 2.05) is 4.90 Å². The Kier molecular flexibility index (Phi) is 4.34. The Balaban J connectivity index is 1.68. The van der Waals surface area contributed by atoms with E-state index in [-0.39, 0.29) is 5.91 Å². The van der Waals surface area contributed by atoms with E-state index in [9.17, 15) is 4.79 Å². The van der Waals surface area contributed by atoms with E-state index >= 15 is 0 Å². The molecule has 2 saturated heterocycles. The summed E-state index contributed by atoms with van der Waals surface area (Å²) >= 11 is 0. The highest BCUT2D eigenvalue weighted by molar-refractivity contribution is 5.92. The highest BCUT2D eigenvalue weighted by Gasteiger charge is 2.23. The second kappa shape index (κ2) is 6.39. The van der Waals surface area contributed by atoms with Crippen LogP contribution in [0, 0.1) is 0 Å². The molecule has 0 bridgehead atoms. The molecule has 1 aromatic heterocycles. The van der Waals surface area contributed by atoms with Crippen LogP contribution in [-0.2, 0) is 0 Å². The molecule has 21 heavy (non-hydrogen) atoms. The van der Waals surface area contributed by atoms with Crippen LogP contribution in [0.1, 0.15) is 30.3 Å². The van der Waals surface area contributed by atoms with Gasteiger partial charge in [0.1, 0.15) is 5.69 Å². The largest absolute Gasteiger partial charge is 0.341 e. The number of rotatable bonds is 3. The molecule has 1 aromatic rings. The van der Waals surface area contributed by atoms with Crippen molar-refractivity contribution in [2.24, 2.45) is 0 Å². The Morgan fingerprint density at radius 1 is 1.14 bits per heavy atom. The highest BCUT2D eigenvalue weighted by Crippen LogP contribution is 2.16. The van der Waals surface area contributed by atoms with Crippen molar-refractivity contribution in [3.8, 4) is 0 Å². The average molecular weight is 289 g/mol. The van der Waals surface area contributed by atoms with Gasteiger partial charge in [-0.2, -0.15) is 0 Å². The Bertz CT molecular complexity index is 493. The first-order valence-electron chi connectivity index (χ1n) is 7.87. The summed E-state index contributed by atoms with van der Waals surface area (Å²) in [4.78, 5) is 27.8. The van der Waals surface area contributed by atoms with Crippen molar-refractivity contribution < 1.29 is 4.79 Å². The summed E-state index contributed by atoms with van der Waals surface area (Å²) in [6.07, 6.45) is 4.07. The van der Waals surface area contributed by atoms with Gasteiger partial charge in [0, 0.05) is 45.5 Å². The maximum Gasteiger partial charge on any atom is 0.272 e. The molecule has 114 valence electrons. The van der Waals surface area contributed by atoms with Crippen molar-refractivity contribution in [1.82, 2.24) is 19.8 Å². The van der Waals surface area contributed by atoms with E-state index in [0.29, 0.717) is 11.6 Å². The van der Waals surface area contributed by atoms with E-state index in [4.69, 9.17) is 0 Å². The van der Waals surface area contributed by atoms with Crippen LogP contribution in [0.2, 0.25) is 0 Å². The molecule has 0 N–H and O–H groups in total. The second-order valence-corrected chi connectivity index (χ2v) is 5.66. The van der Waals surface area contributed by atoms with Crippen molar-refractivity contribution in [2.45, 2.75) is 19.8 Å². The van der Waals surface area contributed by atoms with Gasteiger partial charge in [-0.05, 0) is 25.5 Å². The summed E-state index contributed by atoms with van der Waals surface area (Å²) in [5.74, 6) is 0.735. The number of piperazine rings is 1. The molecule has 6 nitrogen and oxygen atoms in total. The third-order valence-electron chi connectivity index (χ3n) is 4.36. The van der Waals surface area contributed by atoms with E-state index in [1.54, 1.807) is 12.3 Å². The molecule has 3 rings (SSSR count). The fraction of sp³-hybridized carbons (Fsp3) is 0.667. The lowest BCUT2D eigenvalue weighted by atomic mass is 10.2. The Labute approximate surface area is 125 Å². The summed E-state index contributed by atoms with van der Waals surface area (Å²) in [7, 11) is 0. The number of hydrogen-bond acceptors (Lipinski definition) is 5. The van der Waals surface area contributed by atoms with Crippen molar-refractivity contribution >= 4 is 11.9 Å². The third kappa shape index (κ3) is 3.15. The van der Waals surface area contributed by atoms with Crippen LogP contribution in [0.5, 0.6) is 0 Å². The Morgan fingerprint density at radius 3 is 2.52 bits per heavy atom. The summed E-state index contributed by atoms with van der Waals surface area (Å²) < 4.78 is 0. The number of likely N-dealkylation sites (N-methyl/N-ethyl adjacent to an activating group) is 1. The van der Waals surface area contributed by atoms with Crippen LogP contribution in [-0.4, -0.2) is 71.5 Å². The van der Waals surface area contributed by atoms with Gasteiger partial charge in [0.05, 0.1) is 0 Å². The number of anilines is 1. The monoisotopic (exact) mass is 289 g/mol. The zero-order valence-corrected chi connectivity index (χ0v) is 12.7. The lowest BCUT2D eigenvalue weighted by Gasteiger charge is -2.33. The molecule has 0 radical (unpaired) electrons. The molecule has 6 heteroatoms. The summed E-state index contributed by atoms with van der Waals surface area (Å²) in [6.45, 7) is 8.67. The maximum atomic E-state index is 12.6. The third-order valence-corrected chi connectivity index (χ3v) is 4.36. The minimum absolute atomic E-state index is 0.0357. The van der Waals surface area contributed by atoms with Gasteiger partial charge in [-0.3, -0.25) is 4.79 Å². The van der Waals surface area contributed by atoms with E-state index < -0.39 is 0 Å². The molecule has 1 amide bonds. The van der Waals surface area contributed by atoms with Crippen molar-refractivity contribution in [2.75, 3.05) is 50.7 Å². The molecule has 0 aliphatic carbocycles. The number of aromatic nitrogens is 2. The lowest BCUT2D eigenvalue weighted by Crippen LogP contribution is -2.48. The van der Waals surface area contributed by atoms with Crippen molar-refractivity contribution in [1.29, 1.82) is 0 Å². The summed E-state index contributed by atoms with van der Waals surface area (Å²) in [5, 5.41) is 0. The summed E-state index contributed by atoms with van der Waals surface area (Å²) in [5.41, 5.74) is 0.525. The minimum Gasteiger partial charge on any atom is -0.341 e. The standard InChI is InChI=1S/C15H23N5O/c1-2-18-9-11-19(12-10-18)14(21)13-5-6-16-15(17-13)20-7-3-4-8-20/h5-6H,2-4,7-12H2,1H3. The quantitative estimate of drug-likeness (QED) is 0.826. The molecule has 3 heterocycles. The predicted octanol–water partition coefficient (Wildman–Crippen LogP) is 0.854. The smallest absolute Gasteiger partial charge is 0.272 e. The molecule has 0 unspecified atom stereocenters. The molecular formula is C15H23N5O. The second-order valence-electron chi connectivity index (χ2n) is 5.66. The van der Waals surface area contributed by atoms with Gasteiger partial charge in [-0.25, -0.2) is 9.97 Å². The normalized spacial score (nSPS) is 20.0. The zero-order valence-electron chi connectivity index (χ0n) is 12.7.